The molecule has 0 aliphatic heterocycles. The molecule has 3 aromatic rings. The molecule has 4 rings (SSSR count). The number of carboxylic acid groups (broad SMARTS) is 1. The molecule has 0 bridgehead atoms. The van der Waals surface area contributed by atoms with Gasteiger partial charge in [0.05, 0.1) is 19.1 Å². The minimum atomic E-state index is -1.25. The van der Waals surface area contributed by atoms with Crippen molar-refractivity contribution >= 4 is 18.0 Å². The molecule has 35 heavy (non-hydrogen) atoms. The summed E-state index contributed by atoms with van der Waals surface area (Å²) < 4.78 is 15.8. The van der Waals surface area contributed by atoms with Gasteiger partial charge >= 0.3 is 12.1 Å². The van der Waals surface area contributed by atoms with Gasteiger partial charge in [0.1, 0.15) is 6.61 Å². The Balaban J connectivity index is 1.25. The molecule has 3 N–H and O–H groups in total. The van der Waals surface area contributed by atoms with Crippen molar-refractivity contribution in [3.63, 3.8) is 0 Å². The summed E-state index contributed by atoms with van der Waals surface area (Å²) in [5.41, 5.74) is 4.26. The summed E-state index contributed by atoms with van der Waals surface area (Å²) in [6.07, 6.45) is -0.274. The Bertz CT molecular complexity index is 1180. The van der Waals surface area contributed by atoms with E-state index >= 15 is 0 Å². The van der Waals surface area contributed by atoms with Crippen LogP contribution in [0.3, 0.4) is 0 Å². The van der Waals surface area contributed by atoms with E-state index in [4.69, 9.17) is 19.0 Å². The zero-order valence-electron chi connectivity index (χ0n) is 19.0. The molecule has 0 radical (unpaired) electrons. The summed E-state index contributed by atoms with van der Waals surface area (Å²) in [4.78, 5) is 39.2. The molecular weight excluding hydrogens is 454 g/mol. The molecule has 1 aliphatic carbocycles. The Morgan fingerprint density at radius 3 is 2.34 bits per heavy atom. The number of amides is 2. The van der Waals surface area contributed by atoms with Crippen molar-refractivity contribution in [2.75, 3.05) is 20.3 Å². The fourth-order valence-electron chi connectivity index (χ4n) is 4.11. The summed E-state index contributed by atoms with van der Waals surface area (Å²) in [5.74, 6) is -1.66. The second-order valence-electron chi connectivity index (χ2n) is 7.97. The first kappa shape index (κ1) is 24.0. The standard InChI is InChI=1S/C25H25N3O7/c1-33-15(10-22(29)26-12-21-23(24(30)31)28-14-35-21)11-27-25(32)34-13-20-18-8-4-2-6-16(18)17-7-3-5-9-19(17)20/h2-9,14-15,20H,10-13H2,1H3,(H,26,29)(H,27,32)(H,30,31). The Morgan fingerprint density at radius 1 is 1.06 bits per heavy atom. The smallest absolute Gasteiger partial charge is 0.407 e. The number of aromatic nitrogens is 1. The van der Waals surface area contributed by atoms with Gasteiger partial charge in [-0.2, -0.15) is 0 Å². The van der Waals surface area contributed by atoms with Gasteiger partial charge < -0.3 is 29.6 Å². The average Bonchev–Trinajstić information content (AvgIpc) is 3.47. The lowest BCUT2D eigenvalue weighted by atomic mass is 9.98. The predicted octanol–water partition coefficient (Wildman–Crippen LogP) is 2.93. The van der Waals surface area contributed by atoms with E-state index in [0.717, 1.165) is 28.6 Å². The third-order valence-electron chi connectivity index (χ3n) is 5.85. The second kappa shape index (κ2) is 10.8. The molecule has 1 unspecified atom stereocenters. The minimum absolute atomic E-state index is 0.0385. The van der Waals surface area contributed by atoms with Crippen LogP contribution in [0.4, 0.5) is 4.79 Å². The summed E-state index contributed by atoms with van der Waals surface area (Å²) in [7, 11) is 1.43. The van der Waals surface area contributed by atoms with Crippen LogP contribution >= 0.6 is 0 Å². The zero-order valence-corrected chi connectivity index (χ0v) is 19.0. The third-order valence-corrected chi connectivity index (χ3v) is 5.85. The van der Waals surface area contributed by atoms with E-state index in [-0.39, 0.29) is 43.5 Å². The summed E-state index contributed by atoms with van der Waals surface area (Å²) in [5, 5.41) is 14.2. The van der Waals surface area contributed by atoms with Crippen molar-refractivity contribution in [1.82, 2.24) is 15.6 Å². The Morgan fingerprint density at radius 2 is 1.71 bits per heavy atom. The maximum Gasteiger partial charge on any atom is 0.407 e. The lowest BCUT2D eigenvalue weighted by Gasteiger charge is -2.17. The molecule has 2 aromatic carbocycles. The topological polar surface area (TPSA) is 140 Å². The molecule has 0 spiro atoms. The number of aromatic carboxylic acids is 1. The lowest BCUT2D eigenvalue weighted by Crippen LogP contribution is -2.37. The van der Waals surface area contributed by atoms with Crippen LogP contribution in [0, 0.1) is 0 Å². The van der Waals surface area contributed by atoms with Crippen molar-refractivity contribution < 1.29 is 33.4 Å². The molecule has 0 saturated heterocycles. The fourth-order valence-corrected chi connectivity index (χ4v) is 4.11. The average molecular weight is 479 g/mol. The minimum Gasteiger partial charge on any atom is -0.476 e. The Hall–Kier alpha value is -4.18. The van der Waals surface area contributed by atoms with E-state index in [1.54, 1.807) is 0 Å². The monoisotopic (exact) mass is 479 g/mol. The quantitative estimate of drug-likeness (QED) is 0.403. The number of carbonyl (C=O) groups excluding carboxylic acids is 2. The second-order valence-corrected chi connectivity index (χ2v) is 7.97. The van der Waals surface area contributed by atoms with Crippen LogP contribution in [-0.4, -0.2) is 54.4 Å². The molecule has 182 valence electrons. The van der Waals surface area contributed by atoms with Crippen molar-refractivity contribution in [1.29, 1.82) is 0 Å². The first-order chi connectivity index (χ1) is 17.0. The van der Waals surface area contributed by atoms with Crippen molar-refractivity contribution in [3.05, 3.63) is 77.5 Å². The Labute approximate surface area is 201 Å². The van der Waals surface area contributed by atoms with E-state index < -0.39 is 24.1 Å². The van der Waals surface area contributed by atoms with Gasteiger partial charge in [0.15, 0.2) is 17.8 Å². The van der Waals surface area contributed by atoms with Crippen molar-refractivity contribution in [3.8, 4) is 11.1 Å². The van der Waals surface area contributed by atoms with Crippen LogP contribution in [0.2, 0.25) is 0 Å². The van der Waals surface area contributed by atoms with Gasteiger partial charge in [-0.25, -0.2) is 14.6 Å². The number of hydrogen-bond donors (Lipinski definition) is 3. The van der Waals surface area contributed by atoms with Gasteiger partial charge in [0, 0.05) is 19.6 Å². The number of benzene rings is 2. The predicted molar refractivity (Wildman–Crippen MR) is 124 cm³/mol. The highest BCUT2D eigenvalue weighted by molar-refractivity contribution is 5.86. The number of hydrogen-bond acceptors (Lipinski definition) is 7. The number of carboxylic acids is 1. The van der Waals surface area contributed by atoms with E-state index in [2.05, 4.69) is 27.8 Å². The van der Waals surface area contributed by atoms with Gasteiger partial charge in [-0.1, -0.05) is 48.5 Å². The fraction of sp³-hybridized carbons (Fsp3) is 0.280. The number of fused-ring (bicyclic) bond motifs is 3. The molecule has 10 heteroatoms. The number of alkyl carbamates (subject to hydrolysis) is 1. The van der Waals surface area contributed by atoms with Gasteiger partial charge in [0.2, 0.25) is 5.91 Å². The number of carbonyl (C=O) groups is 3. The maximum atomic E-state index is 12.3. The highest BCUT2D eigenvalue weighted by atomic mass is 16.5. The summed E-state index contributed by atoms with van der Waals surface area (Å²) in [6, 6.07) is 16.1. The van der Waals surface area contributed by atoms with Crippen LogP contribution in [0.15, 0.2) is 59.3 Å². The SMILES string of the molecule is COC(CNC(=O)OCC1c2ccccc2-c2ccccc21)CC(=O)NCc1ocnc1C(=O)O. The normalized spacial score (nSPS) is 12.9. The number of rotatable bonds is 10. The number of nitrogens with one attached hydrogen (secondary N) is 2. The van der Waals surface area contributed by atoms with Crippen LogP contribution in [-0.2, 0) is 20.8 Å². The van der Waals surface area contributed by atoms with E-state index in [1.165, 1.54) is 7.11 Å². The number of oxazole rings is 1. The molecule has 2 amide bonds. The molecule has 0 saturated carbocycles. The molecular formula is C25H25N3O7. The molecule has 1 aromatic heterocycles. The molecule has 10 nitrogen and oxygen atoms in total. The van der Waals surface area contributed by atoms with Gasteiger partial charge in [-0.15, -0.1) is 0 Å². The molecule has 1 heterocycles. The van der Waals surface area contributed by atoms with Crippen LogP contribution in [0.1, 0.15) is 39.7 Å². The first-order valence-corrected chi connectivity index (χ1v) is 11.0. The highest BCUT2D eigenvalue weighted by Crippen LogP contribution is 2.44. The van der Waals surface area contributed by atoms with Gasteiger partial charge in [0.25, 0.3) is 0 Å². The molecule has 1 atom stereocenters. The van der Waals surface area contributed by atoms with E-state index in [0.29, 0.717) is 0 Å². The number of methoxy groups -OCH3 is 1. The van der Waals surface area contributed by atoms with E-state index in [9.17, 15) is 14.4 Å². The Kier molecular flexibility index (Phi) is 7.41. The first-order valence-electron chi connectivity index (χ1n) is 11.0. The largest absolute Gasteiger partial charge is 0.476 e. The molecule has 0 fully saturated rings. The maximum absolute atomic E-state index is 12.3. The number of nitrogens with zero attached hydrogens (tertiary/aromatic N) is 1. The summed E-state index contributed by atoms with van der Waals surface area (Å²) in [6.45, 7) is 0.112. The molecule has 1 aliphatic rings. The van der Waals surface area contributed by atoms with Gasteiger partial charge in [-0.3, -0.25) is 4.79 Å². The van der Waals surface area contributed by atoms with Crippen molar-refractivity contribution in [2.24, 2.45) is 0 Å². The van der Waals surface area contributed by atoms with Crippen molar-refractivity contribution in [2.45, 2.75) is 25.0 Å². The van der Waals surface area contributed by atoms with Crippen LogP contribution in [0.5, 0.6) is 0 Å². The van der Waals surface area contributed by atoms with Crippen LogP contribution < -0.4 is 10.6 Å². The number of ether oxygens (including phenoxy) is 2. The lowest BCUT2D eigenvalue weighted by molar-refractivity contribution is -0.123. The highest BCUT2D eigenvalue weighted by Gasteiger charge is 2.29. The summed E-state index contributed by atoms with van der Waals surface area (Å²) >= 11 is 0. The zero-order chi connectivity index (χ0) is 24.8. The third kappa shape index (κ3) is 5.49. The van der Waals surface area contributed by atoms with Gasteiger partial charge in [-0.05, 0) is 22.3 Å². The van der Waals surface area contributed by atoms with Crippen LogP contribution in [0.25, 0.3) is 11.1 Å². The van der Waals surface area contributed by atoms with E-state index in [1.807, 2.05) is 36.4 Å².